The molecule has 1 unspecified atom stereocenters. The molecule has 1 aliphatic heterocycles. The van der Waals surface area contributed by atoms with E-state index in [0.717, 1.165) is 23.6 Å². The lowest BCUT2D eigenvalue weighted by Gasteiger charge is -2.32. The van der Waals surface area contributed by atoms with E-state index in [0.29, 0.717) is 6.04 Å². The Balaban J connectivity index is 1.83. The van der Waals surface area contributed by atoms with E-state index < -0.39 is 0 Å². The fourth-order valence-electron chi connectivity index (χ4n) is 3.29. The molecule has 1 saturated heterocycles. The number of pyridine rings is 1. The number of anilines is 1. The molecule has 0 amide bonds. The van der Waals surface area contributed by atoms with Crippen LogP contribution < -0.4 is 10.2 Å². The number of hydrogen-bond donors (Lipinski definition) is 1. The van der Waals surface area contributed by atoms with Crippen LogP contribution in [0.4, 0.5) is 5.82 Å². The molecule has 0 aromatic carbocycles. The highest BCUT2D eigenvalue weighted by Crippen LogP contribution is 2.29. The molecule has 2 aliphatic rings. The van der Waals surface area contributed by atoms with Crippen LogP contribution in [0.5, 0.6) is 0 Å². The lowest BCUT2D eigenvalue weighted by Crippen LogP contribution is -2.36. The second kappa shape index (κ2) is 7.10. The normalized spacial score (nSPS) is 23.1. The SMILES string of the molecule is CCC1CCCCCN1c1ncc(Br)cc1CNC1CC1. The van der Waals surface area contributed by atoms with Crippen molar-refractivity contribution in [2.45, 2.75) is 70.5 Å². The van der Waals surface area contributed by atoms with E-state index in [-0.39, 0.29) is 0 Å². The van der Waals surface area contributed by atoms with Crippen LogP contribution in [0, 0.1) is 0 Å². The Kier molecular flexibility index (Phi) is 5.17. The van der Waals surface area contributed by atoms with E-state index in [4.69, 9.17) is 4.98 Å². The van der Waals surface area contributed by atoms with E-state index in [1.54, 1.807) is 0 Å². The van der Waals surface area contributed by atoms with E-state index in [9.17, 15) is 0 Å². The minimum absolute atomic E-state index is 0.654. The maximum Gasteiger partial charge on any atom is 0.133 e. The average Bonchev–Trinajstić information content (AvgIpc) is 3.32. The molecule has 3 rings (SSSR count). The number of nitrogens with one attached hydrogen (secondary N) is 1. The summed E-state index contributed by atoms with van der Waals surface area (Å²) in [5.41, 5.74) is 1.34. The highest BCUT2D eigenvalue weighted by atomic mass is 79.9. The van der Waals surface area contributed by atoms with E-state index in [1.807, 2.05) is 6.20 Å². The Morgan fingerprint density at radius 3 is 2.90 bits per heavy atom. The molecule has 2 heterocycles. The first kappa shape index (κ1) is 15.3. The fraction of sp³-hybridized carbons (Fsp3) is 0.706. The molecule has 0 spiro atoms. The van der Waals surface area contributed by atoms with Crippen LogP contribution in [0.25, 0.3) is 0 Å². The minimum Gasteiger partial charge on any atom is -0.353 e. The second-order valence-corrected chi connectivity index (χ2v) is 7.31. The summed E-state index contributed by atoms with van der Waals surface area (Å²) in [5.74, 6) is 1.21. The Hall–Kier alpha value is -0.610. The maximum absolute atomic E-state index is 4.78. The van der Waals surface area contributed by atoms with Crippen molar-refractivity contribution in [2.75, 3.05) is 11.4 Å². The lowest BCUT2D eigenvalue weighted by atomic mass is 10.1. The largest absolute Gasteiger partial charge is 0.353 e. The average molecular weight is 352 g/mol. The molecule has 1 atom stereocenters. The zero-order valence-corrected chi connectivity index (χ0v) is 14.5. The van der Waals surface area contributed by atoms with Gasteiger partial charge in [-0.15, -0.1) is 0 Å². The van der Waals surface area contributed by atoms with Gasteiger partial charge in [0.1, 0.15) is 5.82 Å². The summed E-state index contributed by atoms with van der Waals surface area (Å²) in [4.78, 5) is 7.35. The van der Waals surface area contributed by atoms with Crippen LogP contribution >= 0.6 is 15.9 Å². The molecular formula is C17H26BrN3. The zero-order valence-electron chi connectivity index (χ0n) is 12.9. The third kappa shape index (κ3) is 3.98. The van der Waals surface area contributed by atoms with Crippen LogP contribution in [0.3, 0.4) is 0 Å². The summed E-state index contributed by atoms with van der Waals surface area (Å²) in [5, 5.41) is 3.64. The minimum atomic E-state index is 0.654. The van der Waals surface area contributed by atoms with Crippen LogP contribution in [0.2, 0.25) is 0 Å². The van der Waals surface area contributed by atoms with E-state index >= 15 is 0 Å². The molecular weight excluding hydrogens is 326 g/mol. The van der Waals surface area contributed by atoms with Crippen molar-refractivity contribution in [1.82, 2.24) is 10.3 Å². The van der Waals surface area contributed by atoms with Gasteiger partial charge in [-0.2, -0.15) is 0 Å². The van der Waals surface area contributed by atoms with Crippen LogP contribution in [0.1, 0.15) is 57.4 Å². The predicted molar refractivity (Wildman–Crippen MR) is 91.7 cm³/mol. The van der Waals surface area contributed by atoms with Crippen molar-refractivity contribution in [3.8, 4) is 0 Å². The summed E-state index contributed by atoms with van der Waals surface area (Å²) < 4.78 is 1.08. The molecule has 1 aromatic heterocycles. The topological polar surface area (TPSA) is 28.2 Å². The smallest absolute Gasteiger partial charge is 0.133 e. The number of rotatable bonds is 5. The molecule has 21 heavy (non-hydrogen) atoms. The third-order valence-corrected chi connectivity index (χ3v) is 5.12. The maximum atomic E-state index is 4.78. The van der Waals surface area contributed by atoms with Gasteiger partial charge in [0.25, 0.3) is 0 Å². The molecule has 1 saturated carbocycles. The number of aromatic nitrogens is 1. The second-order valence-electron chi connectivity index (χ2n) is 6.40. The first-order valence-electron chi connectivity index (χ1n) is 8.42. The Labute approximate surface area is 136 Å². The van der Waals surface area contributed by atoms with Crippen molar-refractivity contribution in [2.24, 2.45) is 0 Å². The van der Waals surface area contributed by atoms with E-state index in [1.165, 1.54) is 56.3 Å². The van der Waals surface area contributed by atoms with Gasteiger partial charge in [0.05, 0.1) is 0 Å². The Morgan fingerprint density at radius 2 is 2.14 bits per heavy atom. The summed E-state index contributed by atoms with van der Waals surface area (Å²) in [6.07, 6.45) is 11.2. The van der Waals surface area contributed by atoms with Gasteiger partial charge in [0.2, 0.25) is 0 Å². The van der Waals surface area contributed by atoms with Crippen molar-refractivity contribution >= 4 is 21.7 Å². The van der Waals surface area contributed by atoms with Crippen molar-refractivity contribution < 1.29 is 0 Å². The molecule has 0 radical (unpaired) electrons. The molecule has 3 nitrogen and oxygen atoms in total. The summed E-state index contributed by atoms with van der Waals surface area (Å²) in [7, 11) is 0. The highest BCUT2D eigenvalue weighted by molar-refractivity contribution is 9.10. The highest BCUT2D eigenvalue weighted by Gasteiger charge is 2.25. The molecule has 1 N–H and O–H groups in total. The molecule has 4 heteroatoms. The van der Waals surface area contributed by atoms with Gasteiger partial charge in [-0.05, 0) is 54.1 Å². The van der Waals surface area contributed by atoms with Gasteiger partial charge in [-0.1, -0.05) is 19.8 Å². The van der Waals surface area contributed by atoms with Crippen molar-refractivity contribution in [3.05, 3.63) is 22.3 Å². The van der Waals surface area contributed by atoms with Gasteiger partial charge in [-0.25, -0.2) is 4.98 Å². The molecule has 116 valence electrons. The number of nitrogens with zero attached hydrogens (tertiary/aromatic N) is 2. The monoisotopic (exact) mass is 351 g/mol. The summed E-state index contributed by atoms with van der Waals surface area (Å²) in [6, 6.07) is 3.64. The standard InChI is InChI=1S/C17H26BrN3/c1-2-16-6-4-3-5-9-21(16)17-13(10-14(18)12-20-17)11-19-15-7-8-15/h10,12,15-16,19H,2-9,11H2,1H3. The quantitative estimate of drug-likeness (QED) is 0.858. The molecule has 2 fully saturated rings. The number of hydrogen-bond acceptors (Lipinski definition) is 3. The first-order chi connectivity index (χ1) is 10.3. The van der Waals surface area contributed by atoms with Crippen LogP contribution in [-0.4, -0.2) is 23.6 Å². The molecule has 1 aromatic rings. The summed E-state index contributed by atoms with van der Waals surface area (Å²) in [6.45, 7) is 4.41. The third-order valence-electron chi connectivity index (χ3n) is 4.69. The number of halogens is 1. The van der Waals surface area contributed by atoms with Gasteiger partial charge in [0.15, 0.2) is 0 Å². The Morgan fingerprint density at radius 1 is 1.29 bits per heavy atom. The van der Waals surface area contributed by atoms with Gasteiger partial charge < -0.3 is 10.2 Å². The molecule has 0 bridgehead atoms. The Bertz CT molecular complexity index is 473. The summed E-state index contributed by atoms with van der Waals surface area (Å²) >= 11 is 3.58. The predicted octanol–water partition coefficient (Wildman–Crippen LogP) is 4.26. The zero-order chi connectivity index (χ0) is 14.7. The lowest BCUT2D eigenvalue weighted by molar-refractivity contribution is 0.549. The van der Waals surface area contributed by atoms with E-state index in [2.05, 4.69) is 39.1 Å². The molecule has 1 aliphatic carbocycles. The van der Waals surface area contributed by atoms with Gasteiger partial charge >= 0.3 is 0 Å². The fourth-order valence-corrected chi connectivity index (χ4v) is 3.66. The van der Waals surface area contributed by atoms with Crippen LogP contribution in [0.15, 0.2) is 16.7 Å². The van der Waals surface area contributed by atoms with Crippen molar-refractivity contribution in [3.63, 3.8) is 0 Å². The first-order valence-corrected chi connectivity index (χ1v) is 9.21. The van der Waals surface area contributed by atoms with Gasteiger partial charge in [-0.3, -0.25) is 0 Å². The van der Waals surface area contributed by atoms with Gasteiger partial charge in [0, 0.05) is 41.4 Å². The van der Waals surface area contributed by atoms with Crippen molar-refractivity contribution in [1.29, 1.82) is 0 Å². The van der Waals surface area contributed by atoms with Crippen LogP contribution in [-0.2, 0) is 6.54 Å².